The predicted molar refractivity (Wildman–Crippen MR) is 81.1 cm³/mol. The number of alkyl carbamates (subject to hydrolysis) is 1. The molecule has 21 heavy (non-hydrogen) atoms. The number of carbonyl (C=O) groups excluding carboxylic acids is 2. The molecule has 122 valence electrons. The highest BCUT2D eigenvalue weighted by atomic mass is 32.2. The Kier molecular flexibility index (Phi) is 7.02. The highest BCUT2D eigenvalue weighted by Crippen LogP contribution is 2.28. The molecule has 0 heterocycles. The third kappa shape index (κ3) is 8.44. The van der Waals surface area contributed by atoms with Gasteiger partial charge in [-0.05, 0) is 34.6 Å². The highest BCUT2D eigenvalue weighted by molar-refractivity contribution is 8.00. The van der Waals surface area contributed by atoms with Gasteiger partial charge in [0.2, 0.25) is 5.91 Å². The summed E-state index contributed by atoms with van der Waals surface area (Å²) < 4.78 is 4.24. The van der Waals surface area contributed by atoms with Crippen molar-refractivity contribution in [2.45, 2.75) is 57.9 Å². The molecule has 0 saturated heterocycles. The fraction of sp³-hybridized carbons (Fsp3) is 0.769. The molecule has 0 spiro atoms. The molecule has 0 aliphatic carbocycles. The van der Waals surface area contributed by atoms with Crippen molar-refractivity contribution in [1.82, 2.24) is 10.6 Å². The Morgan fingerprint density at radius 3 is 2.10 bits per heavy atom. The number of amides is 2. The number of thioether (sulfide) groups is 1. The number of nitrogens with one attached hydrogen (secondary N) is 2. The van der Waals surface area contributed by atoms with Crippen LogP contribution in [0.1, 0.15) is 41.5 Å². The summed E-state index contributed by atoms with van der Waals surface area (Å²) in [6.07, 6.45) is -0.789. The molecule has 0 aromatic rings. The first-order valence-electron chi connectivity index (χ1n) is 6.46. The molecule has 2 amide bonds. The third-order valence-corrected chi connectivity index (χ3v) is 3.64. The topological polar surface area (TPSA) is 105 Å². The molecular weight excluding hydrogens is 296 g/mol. The van der Waals surface area contributed by atoms with Crippen LogP contribution in [0.25, 0.3) is 0 Å². The molecule has 0 rings (SSSR count). The van der Waals surface area contributed by atoms with Gasteiger partial charge in [-0.1, -0.05) is 0 Å². The van der Waals surface area contributed by atoms with Crippen LogP contribution in [0.4, 0.5) is 4.79 Å². The Hall–Kier alpha value is -1.44. The lowest BCUT2D eigenvalue weighted by atomic mass is 10.0. The lowest BCUT2D eigenvalue weighted by molar-refractivity contribution is -0.140. The Labute approximate surface area is 129 Å². The van der Waals surface area contributed by atoms with E-state index in [1.807, 2.05) is 0 Å². The van der Waals surface area contributed by atoms with Gasteiger partial charge in [0.05, 0.1) is 5.88 Å². The molecule has 7 nitrogen and oxygen atoms in total. The molecule has 0 fully saturated rings. The normalized spacial score (nSPS) is 13.2. The summed E-state index contributed by atoms with van der Waals surface area (Å²) in [5.74, 6) is -1.12. The maximum atomic E-state index is 11.7. The minimum atomic E-state index is -1.17. The van der Waals surface area contributed by atoms with E-state index in [0.29, 0.717) is 0 Å². The van der Waals surface area contributed by atoms with E-state index in [4.69, 9.17) is 4.74 Å². The van der Waals surface area contributed by atoms with Crippen LogP contribution >= 0.6 is 11.8 Å². The zero-order valence-electron chi connectivity index (χ0n) is 13.3. The molecule has 0 bridgehead atoms. The lowest BCUT2D eigenvalue weighted by Crippen LogP contribution is -2.54. The highest BCUT2D eigenvalue weighted by Gasteiger charge is 2.38. The van der Waals surface area contributed by atoms with Crippen LogP contribution in [0.15, 0.2) is 0 Å². The molecule has 0 aliphatic heterocycles. The van der Waals surface area contributed by atoms with Gasteiger partial charge >= 0.3 is 12.1 Å². The van der Waals surface area contributed by atoms with Crippen molar-refractivity contribution < 1.29 is 24.2 Å². The van der Waals surface area contributed by atoms with Gasteiger partial charge in [-0.3, -0.25) is 4.79 Å². The third-order valence-electron chi connectivity index (χ3n) is 2.37. The van der Waals surface area contributed by atoms with Crippen molar-refractivity contribution in [3.05, 3.63) is 0 Å². The van der Waals surface area contributed by atoms with E-state index < -0.39 is 28.5 Å². The van der Waals surface area contributed by atoms with Crippen molar-refractivity contribution in [3.8, 4) is 0 Å². The van der Waals surface area contributed by atoms with Gasteiger partial charge in [0.1, 0.15) is 11.6 Å². The summed E-state index contributed by atoms with van der Waals surface area (Å²) in [6, 6.07) is -1.15. The number of carboxylic acid groups (broad SMARTS) is 1. The number of rotatable bonds is 6. The number of hydrogen-bond donors (Lipinski definition) is 3. The fourth-order valence-corrected chi connectivity index (χ4v) is 2.34. The molecule has 1 atom stereocenters. The first-order valence-corrected chi connectivity index (χ1v) is 7.44. The van der Waals surface area contributed by atoms with Crippen LogP contribution in [-0.4, -0.2) is 45.3 Å². The van der Waals surface area contributed by atoms with E-state index in [-0.39, 0.29) is 11.8 Å². The van der Waals surface area contributed by atoms with E-state index in [9.17, 15) is 19.5 Å². The van der Waals surface area contributed by atoms with Gasteiger partial charge in [0.15, 0.2) is 0 Å². The van der Waals surface area contributed by atoms with Gasteiger partial charge in [-0.15, -0.1) is 11.8 Å². The number of hydrogen-bond acceptors (Lipinski definition) is 5. The number of carbonyl (C=O) groups is 3. The van der Waals surface area contributed by atoms with E-state index >= 15 is 0 Å². The minimum Gasteiger partial charge on any atom is -0.480 e. The number of aliphatic carboxylic acids is 1. The van der Waals surface area contributed by atoms with Gasteiger partial charge in [0.25, 0.3) is 0 Å². The first kappa shape index (κ1) is 19.6. The Morgan fingerprint density at radius 1 is 1.19 bits per heavy atom. The standard InChI is InChI=1S/C13H24N2O5S/c1-8(16)14-7-21-13(5,6)9(10(17)18)15-11(19)20-12(2,3)4/h9H,7H2,1-6H3,(H,14,16)(H,15,19)(H,17,18)/t9-/m0/s1. The second-order valence-corrected chi connectivity index (χ2v) is 7.67. The lowest BCUT2D eigenvalue weighted by Gasteiger charge is -2.32. The Bertz CT molecular complexity index is 404. The average Bonchev–Trinajstić information content (AvgIpc) is 2.21. The van der Waals surface area contributed by atoms with E-state index in [0.717, 1.165) is 0 Å². The quantitative estimate of drug-likeness (QED) is 0.642. The molecule has 0 aromatic heterocycles. The summed E-state index contributed by atoms with van der Waals surface area (Å²) in [4.78, 5) is 33.9. The van der Waals surface area contributed by atoms with Crippen molar-refractivity contribution in [2.75, 3.05) is 5.88 Å². The van der Waals surface area contributed by atoms with Crippen LogP contribution in [-0.2, 0) is 14.3 Å². The molecular formula is C13H24N2O5S. The monoisotopic (exact) mass is 320 g/mol. The number of carboxylic acids is 1. The molecule has 0 radical (unpaired) electrons. The molecule has 0 aromatic carbocycles. The van der Waals surface area contributed by atoms with Crippen molar-refractivity contribution in [3.63, 3.8) is 0 Å². The van der Waals surface area contributed by atoms with Crippen LogP contribution in [0.2, 0.25) is 0 Å². The minimum absolute atomic E-state index is 0.203. The van der Waals surface area contributed by atoms with Crippen LogP contribution < -0.4 is 10.6 Å². The van der Waals surface area contributed by atoms with Crippen molar-refractivity contribution in [2.24, 2.45) is 0 Å². The van der Waals surface area contributed by atoms with Gasteiger partial charge in [-0.2, -0.15) is 0 Å². The van der Waals surface area contributed by atoms with E-state index in [2.05, 4.69) is 10.6 Å². The molecule has 3 N–H and O–H groups in total. The fourth-order valence-electron chi connectivity index (χ4n) is 1.37. The molecule has 0 saturated carbocycles. The van der Waals surface area contributed by atoms with Crippen molar-refractivity contribution >= 4 is 29.7 Å². The van der Waals surface area contributed by atoms with Crippen LogP contribution in [0, 0.1) is 0 Å². The zero-order valence-corrected chi connectivity index (χ0v) is 14.1. The first-order chi connectivity index (χ1) is 9.35. The van der Waals surface area contributed by atoms with Gasteiger partial charge < -0.3 is 20.5 Å². The van der Waals surface area contributed by atoms with Gasteiger partial charge in [0, 0.05) is 11.7 Å². The summed E-state index contributed by atoms with van der Waals surface area (Å²) in [7, 11) is 0. The molecule has 0 unspecified atom stereocenters. The summed E-state index contributed by atoms with van der Waals surface area (Å²) >= 11 is 1.22. The maximum Gasteiger partial charge on any atom is 0.408 e. The Balaban J connectivity index is 4.76. The summed E-state index contributed by atoms with van der Waals surface area (Å²) in [5.41, 5.74) is -0.708. The molecule has 8 heteroatoms. The van der Waals surface area contributed by atoms with Gasteiger partial charge in [-0.25, -0.2) is 9.59 Å². The molecule has 0 aliphatic rings. The Morgan fingerprint density at radius 2 is 1.71 bits per heavy atom. The second kappa shape index (κ2) is 7.53. The number of ether oxygens (including phenoxy) is 1. The zero-order chi connectivity index (χ0) is 16.8. The van der Waals surface area contributed by atoms with Crippen LogP contribution in [0.5, 0.6) is 0 Å². The van der Waals surface area contributed by atoms with E-state index in [1.54, 1.807) is 34.6 Å². The van der Waals surface area contributed by atoms with E-state index in [1.165, 1.54) is 18.7 Å². The van der Waals surface area contributed by atoms with Crippen molar-refractivity contribution in [1.29, 1.82) is 0 Å². The van der Waals surface area contributed by atoms with Crippen LogP contribution in [0.3, 0.4) is 0 Å². The SMILES string of the molecule is CC(=O)NCSC(C)(C)[C@@H](NC(=O)OC(C)(C)C)C(=O)O. The maximum absolute atomic E-state index is 11.7. The largest absolute Gasteiger partial charge is 0.480 e. The smallest absolute Gasteiger partial charge is 0.408 e. The average molecular weight is 320 g/mol. The summed E-state index contributed by atoms with van der Waals surface area (Å²) in [6.45, 7) is 9.81. The second-order valence-electron chi connectivity index (χ2n) is 6.04. The summed E-state index contributed by atoms with van der Waals surface area (Å²) in [5, 5.41) is 14.2. The predicted octanol–water partition coefficient (Wildman–Crippen LogP) is 1.57.